The fourth-order valence-electron chi connectivity index (χ4n) is 1.73. The van der Waals surface area contributed by atoms with Gasteiger partial charge in [-0.2, -0.15) is 0 Å². The van der Waals surface area contributed by atoms with Gasteiger partial charge in [0, 0.05) is 23.1 Å². The zero-order valence-corrected chi connectivity index (χ0v) is 10.2. The van der Waals surface area contributed by atoms with Gasteiger partial charge in [0.15, 0.2) is 5.82 Å². The summed E-state index contributed by atoms with van der Waals surface area (Å²) in [6.45, 7) is 0.628. The summed E-state index contributed by atoms with van der Waals surface area (Å²) in [6, 6.07) is 7.56. The number of imidazole rings is 1. The Morgan fingerprint density at radius 2 is 1.94 bits per heavy atom. The number of hydrogen-bond acceptors (Lipinski definition) is 3. The summed E-state index contributed by atoms with van der Waals surface area (Å²) < 4.78 is 3.87. The van der Waals surface area contributed by atoms with E-state index in [1.54, 1.807) is 18.9 Å². The maximum atomic E-state index is 5.88. The van der Waals surface area contributed by atoms with E-state index in [-0.39, 0.29) is 0 Å². The van der Waals surface area contributed by atoms with Crippen LogP contribution in [0.15, 0.2) is 49.3 Å². The molecule has 6 heteroatoms. The van der Waals surface area contributed by atoms with Crippen LogP contribution >= 0.6 is 11.6 Å². The standard InChI is InChI=1S/C12H10ClN5/c13-10-1-3-11(4-2-10)18-9-15-16-12(18)7-17-6-5-14-8-17/h1-6,8-9H,7H2. The highest BCUT2D eigenvalue weighted by Crippen LogP contribution is 2.14. The molecule has 0 radical (unpaired) electrons. The first-order chi connectivity index (χ1) is 8.83. The van der Waals surface area contributed by atoms with Gasteiger partial charge in [-0.3, -0.25) is 4.57 Å². The monoisotopic (exact) mass is 259 g/mol. The van der Waals surface area contributed by atoms with Gasteiger partial charge >= 0.3 is 0 Å². The third-order valence-corrected chi connectivity index (χ3v) is 2.86. The average Bonchev–Trinajstić information content (AvgIpc) is 3.02. The van der Waals surface area contributed by atoms with Gasteiger partial charge in [0.25, 0.3) is 0 Å². The highest BCUT2D eigenvalue weighted by molar-refractivity contribution is 6.30. The minimum atomic E-state index is 0.628. The van der Waals surface area contributed by atoms with Crippen LogP contribution in [0.25, 0.3) is 5.69 Å². The molecule has 5 nitrogen and oxygen atoms in total. The molecule has 0 aliphatic heterocycles. The van der Waals surface area contributed by atoms with Crippen molar-refractivity contribution in [3.8, 4) is 5.69 Å². The topological polar surface area (TPSA) is 48.5 Å². The van der Waals surface area contributed by atoms with Crippen molar-refractivity contribution < 1.29 is 0 Å². The number of rotatable bonds is 3. The molecule has 2 heterocycles. The fraction of sp³-hybridized carbons (Fsp3) is 0.0833. The Balaban J connectivity index is 1.94. The Hall–Kier alpha value is -2.14. The van der Waals surface area contributed by atoms with Gasteiger partial charge in [-0.1, -0.05) is 11.6 Å². The van der Waals surface area contributed by atoms with Gasteiger partial charge in [-0.15, -0.1) is 10.2 Å². The van der Waals surface area contributed by atoms with E-state index in [1.165, 1.54) is 0 Å². The number of hydrogen-bond donors (Lipinski definition) is 0. The third kappa shape index (κ3) is 2.12. The lowest BCUT2D eigenvalue weighted by molar-refractivity contribution is 0.723. The summed E-state index contributed by atoms with van der Waals surface area (Å²) in [6.07, 6.45) is 7.07. The Morgan fingerprint density at radius 1 is 1.11 bits per heavy atom. The number of aromatic nitrogens is 5. The maximum Gasteiger partial charge on any atom is 0.157 e. The van der Waals surface area contributed by atoms with Crippen LogP contribution < -0.4 is 0 Å². The quantitative estimate of drug-likeness (QED) is 0.724. The van der Waals surface area contributed by atoms with Crippen LogP contribution in [0.5, 0.6) is 0 Å². The molecule has 0 aliphatic carbocycles. The number of halogens is 1. The van der Waals surface area contributed by atoms with E-state index in [1.807, 2.05) is 39.6 Å². The van der Waals surface area contributed by atoms with Crippen LogP contribution in [0.3, 0.4) is 0 Å². The largest absolute Gasteiger partial charge is 0.330 e. The fourth-order valence-corrected chi connectivity index (χ4v) is 1.85. The van der Waals surface area contributed by atoms with Crippen LogP contribution in [0.1, 0.15) is 5.82 Å². The Morgan fingerprint density at radius 3 is 2.67 bits per heavy atom. The molecule has 1 aromatic carbocycles. The molecule has 90 valence electrons. The van der Waals surface area contributed by atoms with E-state index in [2.05, 4.69) is 15.2 Å². The molecule has 0 amide bonds. The minimum Gasteiger partial charge on any atom is -0.330 e. The number of benzene rings is 1. The lowest BCUT2D eigenvalue weighted by Crippen LogP contribution is -2.05. The summed E-state index contributed by atoms with van der Waals surface area (Å²) in [7, 11) is 0. The highest BCUT2D eigenvalue weighted by atomic mass is 35.5. The molecular weight excluding hydrogens is 250 g/mol. The molecule has 0 spiro atoms. The molecule has 0 unspecified atom stereocenters. The Labute approximate surface area is 109 Å². The molecule has 3 aromatic rings. The van der Waals surface area contributed by atoms with Crippen molar-refractivity contribution in [3.63, 3.8) is 0 Å². The van der Waals surface area contributed by atoms with Gasteiger partial charge in [-0.25, -0.2) is 4.98 Å². The molecule has 0 saturated heterocycles. The summed E-state index contributed by atoms with van der Waals surface area (Å²) in [5, 5.41) is 8.78. The predicted molar refractivity (Wildman–Crippen MR) is 67.7 cm³/mol. The summed E-state index contributed by atoms with van der Waals surface area (Å²) >= 11 is 5.88. The summed E-state index contributed by atoms with van der Waals surface area (Å²) in [5.41, 5.74) is 0.986. The molecule has 3 rings (SSSR count). The second-order valence-corrected chi connectivity index (χ2v) is 4.27. The molecular formula is C12H10ClN5. The van der Waals surface area contributed by atoms with E-state index in [0.29, 0.717) is 11.6 Å². The van der Waals surface area contributed by atoms with Crippen molar-refractivity contribution in [3.05, 3.63) is 60.2 Å². The van der Waals surface area contributed by atoms with Crippen molar-refractivity contribution >= 4 is 11.6 Å². The van der Waals surface area contributed by atoms with Gasteiger partial charge in [0.2, 0.25) is 0 Å². The van der Waals surface area contributed by atoms with Crippen LogP contribution in [-0.4, -0.2) is 24.3 Å². The van der Waals surface area contributed by atoms with Crippen molar-refractivity contribution in [2.75, 3.05) is 0 Å². The SMILES string of the molecule is Clc1ccc(-n2cnnc2Cn2ccnc2)cc1. The van der Waals surface area contributed by atoms with Crippen LogP contribution in [0.2, 0.25) is 5.02 Å². The minimum absolute atomic E-state index is 0.628. The second-order valence-electron chi connectivity index (χ2n) is 3.83. The number of nitrogens with zero attached hydrogens (tertiary/aromatic N) is 5. The molecule has 0 fully saturated rings. The lowest BCUT2D eigenvalue weighted by Gasteiger charge is -2.06. The van der Waals surface area contributed by atoms with Crippen molar-refractivity contribution in [1.82, 2.24) is 24.3 Å². The normalized spacial score (nSPS) is 10.7. The summed E-state index contributed by atoms with van der Waals surface area (Å²) in [4.78, 5) is 4.00. The van der Waals surface area contributed by atoms with Crippen LogP contribution in [0, 0.1) is 0 Å². The van der Waals surface area contributed by atoms with E-state index < -0.39 is 0 Å². The van der Waals surface area contributed by atoms with Gasteiger partial charge in [-0.05, 0) is 24.3 Å². The zero-order chi connectivity index (χ0) is 12.4. The zero-order valence-electron chi connectivity index (χ0n) is 9.44. The molecule has 0 saturated carbocycles. The smallest absolute Gasteiger partial charge is 0.157 e. The van der Waals surface area contributed by atoms with Crippen molar-refractivity contribution in [1.29, 1.82) is 0 Å². The predicted octanol–water partition coefficient (Wildman–Crippen LogP) is 2.17. The van der Waals surface area contributed by atoms with Crippen LogP contribution in [-0.2, 0) is 6.54 Å². The van der Waals surface area contributed by atoms with Crippen molar-refractivity contribution in [2.24, 2.45) is 0 Å². The lowest BCUT2D eigenvalue weighted by atomic mass is 10.3. The van der Waals surface area contributed by atoms with E-state index in [0.717, 1.165) is 11.5 Å². The van der Waals surface area contributed by atoms with Gasteiger partial charge in [0.1, 0.15) is 6.33 Å². The van der Waals surface area contributed by atoms with E-state index >= 15 is 0 Å². The van der Waals surface area contributed by atoms with Crippen molar-refractivity contribution in [2.45, 2.75) is 6.54 Å². The first-order valence-corrected chi connectivity index (χ1v) is 5.81. The molecule has 0 bridgehead atoms. The van der Waals surface area contributed by atoms with E-state index in [4.69, 9.17) is 11.6 Å². The molecule has 0 aliphatic rings. The molecule has 0 atom stereocenters. The molecule has 18 heavy (non-hydrogen) atoms. The average molecular weight is 260 g/mol. The second kappa shape index (κ2) is 4.62. The van der Waals surface area contributed by atoms with E-state index in [9.17, 15) is 0 Å². The van der Waals surface area contributed by atoms with Crippen LogP contribution in [0.4, 0.5) is 0 Å². The molecule has 0 N–H and O–H groups in total. The third-order valence-electron chi connectivity index (χ3n) is 2.61. The van der Waals surface area contributed by atoms with Gasteiger partial charge < -0.3 is 4.57 Å². The molecule has 2 aromatic heterocycles. The Kier molecular flexibility index (Phi) is 2.82. The first-order valence-electron chi connectivity index (χ1n) is 5.43. The summed E-state index contributed by atoms with van der Waals surface area (Å²) in [5.74, 6) is 0.843. The van der Waals surface area contributed by atoms with Gasteiger partial charge in [0.05, 0.1) is 12.9 Å². The highest BCUT2D eigenvalue weighted by Gasteiger charge is 2.06. The maximum absolute atomic E-state index is 5.88. The Bertz CT molecular complexity index is 627. The first kappa shape index (κ1) is 11.0.